The Hall–Kier alpha value is -2.39. The molecule has 2 aromatic carbocycles. The normalized spacial score (nSPS) is 12.2. The van der Waals surface area contributed by atoms with Gasteiger partial charge in [0.25, 0.3) is 0 Å². The lowest BCUT2D eigenvalue weighted by molar-refractivity contribution is -0.140. The maximum absolute atomic E-state index is 13.1. The average Bonchev–Trinajstić information content (AvgIpc) is 2.75. The van der Waals surface area contributed by atoms with Crippen molar-refractivity contribution in [1.82, 2.24) is 10.2 Å². The van der Waals surface area contributed by atoms with E-state index >= 15 is 0 Å². The van der Waals surface area contributed by atoms with Crippen molar-refractivity contribution in [3.05, 3.63) is 63.6 Å². The van der Waals surface area contributed by atoms with Crippen LogP contribution in [0.4, 0.5) is 5.69 Å². The minimum absolute atomic E-state index is 0.117. The zero-order chi connectivity index (χ0) is 24.8. The van der Waals surface area contributed by atoms with Crippen LogP contribution >= 0.6 is 15.9 Å². The monoisotopic (exact) mass is 537 g/mol. The van der Waals surface area contributed by atoms with Crippen molar-refractivity contribution < 1.29 is 18.0 Å². The highest BCUT2D eigenvalue weighted by Crippen LogP contribution is 2.25. The van der Waals surface area contributed by atoms with Crippen molar-refractivity contribution in [1.29, 1.82) is 0 Å². The van der Waals surface area contributed by atoms with Gasteiger partial charge in [-0.25, -0.2) is 8.42 Å². The number of benzene rings is 2. The summed E-state index contributed by atoms with van der Waals surface area (Å²) >= 11 is 3.43. The van der Waals surface area contributed by atoms with Gasteiger partial charge in [0.1, 0.15) is 6.04 Å². The van der Waals surface area contributed by atoms with E-state index in [1.807, 2.05) is 50.2 Å². The molecule has 0 aliphatic carbocycles. The van der Waals surface area contributed by atoms with Crippen molar-refractivity contribution in [3.8, 4) is 0 Å². The van der Waals surface area contributed by atoms with Gasteiger partial charge in [-0.05, 0) is 62.1 Å². The smallest absolute Gasteiger partial charge is 0.242 e. The summed E-state index contributed by atoms with van der Waals surface area (Å²) in [5, 5.41) is 2.59. The van der Waals surface area contributed by atoms with Crippen molar-refractivity contribution >= 4 is 43.5 Å². The number of sulfonamides is 1. The molecule has 0 bridgehead atoms. The first kappa shape index (κ1) is 26.9. The highest BCUT2D eigenvalue weighted by molar-refractivity contribution is 9.10. The number of aryl methyl sites for hydroxylation is 1. The topological polar surface area (TPSA) is 86.8 Å². The number of hydrogen-bond donors (Lipinski definition) is 1. The predicted molar refractivity (Wildman–Crippen MR) is 136 cm³/mol. The van der Waals surface area contributed by atoms with E-state index in [2.05, 4.69) is 21.2 Å². The molecule has 2 rings (SSSR count). The van der Waals surface area contributed by atoms with Crippen LogP contribution in [0.1, 0.15) is 36.5 Å². The highest BCUT2D eigenvalue weighted by Gasteiger charge is 2.26. The second-order valence-electron chi connectivity index (χ2n) is 8.10. The number of carbonyl (C=O) groups excluding carboxylic acids is 2. The van der Waals surface area contributed by atoms with E-state index in [-0.39, 0.29) is 31.3 Å². The minimum atomic E-state index is -3.52. The standard InChI is InChI=1S/C24H32BrN3O4S/c1-17-9-6-12-22(18(17)2)28(33(5,31)32)14-8-13-23(29)27(19(3)24(30)26-4)16-20-10-7-11-21(25)15-20/h6-7,9-12,15,19H,8,13-14,16H2,1-5H3,(H,26,30)/t19-/m1/s1. The number of rotatable bonds is 10. The van der Waals surface area contributed by atoms with Gasteiger partial charge in [0.05, 0.1) is 11.9 Å². The molecule has 33 heavy (non-hydrogen) atoms. The molecule has 0 radical (unpaired) electrons. The molecule has 7 nitrogen and oxygen atoms in total. The van der Waals surface area contributed by atoms with Gasteiger partial charge in [0.15, 0.2) is 0 Å². The summed E-state index contributed by atoms with van der Waals surface area (Å²) in [6.07, 6.45) is 1.62. The molecule has 2 amide bonds. The van der Waals surface area contributed by atoms with Crippen LogP contribution in [0, 0.1) is 13.8 Å². The average molecular weight is 539 g/mol. The molecule has 0 saturated carbocycles. The minimum Gasteiger partial charge on any atom is -0.357 e. The molecule has 0 aliphatic heterocycles. The van der Waals surface area contributed by atoms with Gasteiger partial charge in [0.2, 0.25) is 21.8 Å². The summed E-state index contributed by atoms with van der Waals surface area (Å²) in [7, 11) is -1.99. The molecule has 0 aliphatic rings. The van der Waals surface area contributed by atoms with Gasteiger partial charge in [-0.15, -0.1) is 0 Å². The third kappa shape index (κ3) is 7.30. The van der Waals surface area contributed by atoms with Gasteiger partial charge in [0, 0.05) is 31.0 Å². The number of amides is 2. The fourth-order valence-corrected chi connectivity index (χ4v) is 5.07. The third-order valence-corrected chi connectivity index (χ3v) is 7.33. The Bertz CT molecular complexity index is 1100. The zero-order valence-corrected chi connectivity index (χ0v) is 22.2. The molecule has 1 atom stereocenters. The Kier molecular flexibility index (Phi) is 9.48. The van der Waals surface area contributed by atoms with E-state index in [0.717, 1.165) is 21.2 Å². The molecule has 0 spiro atoms. The molecule has 1 N–H and O–H groups in total. The number of halogens is 1. The SMILES string of the molecule is CNC(=O)[C@@H](C)N(Cc1cccc(Br)c1)C(=O)CCCN(c1cccc(C)c1C)S(C)(=O)=O. The Balaban J connectivity index is 2.18. The Morgan fingerprint density at radius 2 is 1.79 bits per heavy atom. The van der Waals surface area contributed by atoms with E-state index in [1.54, 1.807) is 13.0 Å². The first-order valence-electron chi connectivity index (χ1n) is 10.7. The van der Waals surface area contributed by atoms with Gasteiger partial charge in [-0.3, -0.25) is 13.9 Å². The number of likely N-dealkylation sites (N-methyl/N-ethyl adjacent to an activating group) is 1. The number of anilines is 1. The van der Waals surface area contributed by atoms with Gasteiger partial charge < -0.3 is 10.2 Å². The molecule has 0 aromatic heterocycles. The maximum atomic E-state index is 13.1. The summed E-state index contributed by atoms with van der Waals surface area (Å²) in [6.45, 7) is 5.96. The molecule has 9 heteroatoms. The lowest BCUT2D eigenvalue weighted by Gasteiger charge is -2.29. The van der Waals surface area contributed by atoms with Crippen LogP contribution in [0.3, 0.4) is 0 Å². The summed E-state index contributed by atoms with van der Waals surface area (Å²) in [5.74, 6) is -0.466. The Morgan fingerprint density at radius 3 is 2.39 bits per heavy atom. The summed E-state index contributed by atoms with van der Waals surface area (Å²) in [4.78, 5) is 27.0. The maximum Gasteiger partial charge on any atom is 0.242 e. The first-order chi connectivity index (χ1) is 15.5. The van der Waals surface area contributed by atoms with Gasteiger partial charge >= 0.3 is 0 Å². The van der Waals surface area contributed by atoms with Crippen LogP contribution in [0.2, 0.25) is 0 Å². The lowest BCUT2D eigenvalue weighted by atomic mass is 10.1. The van der Waals surface area contributed by atoms with E-state index in [9.17, 15) is 18.0 Å². The van der Waals surface area contributed by atoms with Gasteiger partial charge in [-0.2, -0.15) is 0 Å². The number of carbonyl (C=O) groups is 2. The number of hydrogen-bond acceptors (Lipinski definition) is 4. The molecule has 2 aromatic rings. The summed E-state index contributed by atoms with van der Waals surface area (Å²) in [5.41, 5.74) is 3.40. The van der Waals surface area contributed by atoms with Crippen LogP contribution in [-0.4, -0.2) is 51.0 Å². The summed E-state index contributed by atoms with van der Waals surface area (Å²) in [6, 6.07) is 12.4. The van der Waals surface area contributed by atoms with Gasteiger partial charge in [-0.1, -0.05) is 40.2 Å². The van der Waals surface area contributed by atoms with E-state index in [1.165, 1.54) is 22.5 Å². The van der Waals surface area contributed by atoms with Crippen molar-refractivity contribution in [2.24, 2.45) is 0 Å². The van der Waals surface area contributed by atoms with Crippen molar-refractivity contribution in [3.63, 3.8) is 0 Å². The van der Waals surface area contributed by atoms with Crippen molar-refractivity contribution in [2.45, 2.75) is 46.2 Å². The molecule has 0 fully saturated rings. The molecule has 0 heterocycles. The largest absolute Gasteiger partial charge is 0.357 e. The molecular formula is C24H32BrN3O4S. The lowest BCUT2D eigenvalue weighted by Crippen LogP contribution is -2.46. The second-order valence-corrected chi connectivity index (χ2v) is 10.9. The molecular weight excluding hydrogens is 506 g/mol. The number of nitrogens with one attached hydrogen (secondary N) is 1. The fourth-order valence-electron chi connectivity index (χ4n) is 3.61. The van der Waals surface area contributed by atoms with Crippen LogP contribution in [0.5, 0.6) is 0 Å². The predicted octanol–water partition coefficient (Wildman–Crippen LogP) is 3.78. The third-order valence-electron chi connectivity index (χ3n) is 5.65. The van der Waals surface area contributed by atoms with E-state index in [4.69, 9.17) is 0 Å². The second kappa shape index (κ2) is 11.7. The van der Waals surface area contributed by atoms with Crippen LogP contribution in [-0.2, 0) is 26.2 Å². The number of nitrogens with zero attached hydrogens (tertiary/aromatic N) is 2. The Morgan fingerprint density at radius 1 is 1.12 bits per heavy atom. The van der Waals surface area contributed by atoms with Crippen LogP contribution in [0.25, 0.3) is 0 Å². The van der Waals surface area contributed by atoms with Crippen LogP contribution in [0.15, 0.2) is 46.9 Å². The highest BCUT2D eigenvalue weighted by atomic mass is 79.9. The first-order valence-corrected chi connectivity index (χ1v) is 13.4. The molecule has 180 valence electrons. The fraction of sp³-hybridized carbons (Fsp3) is 0.417. The van der Waals surface area contributed by atoms with E-state index < -0.39 is 16.1 Å². The molecule has 0 unspecified atom stereocenters. The summed E-state index contributed by atoms with van der Waals surface area (Å²) < 4.78 is 27.2. The Labute approximate surface area is 205 Å². The quantitative estimate of drug-likeness (QED) is 0.499. The zero-order valence-electron chi connectivity index (χ0n) is 19.8. The van der Waals surface area contributed by atoms with Crippen molar-refractivity contribution in [2.75, 3.05) is 24.2 Å². The van der Waals surface area contributed by atoms with Crippen LogP contribution < -0.4 is 9.62 Å². The molecule has 0 saturated heterocycles. The van der Waals surface area contributed by atoms with E-state index in [0.29, 0.717) is 12.1 Å².